The van der Waals surface area contributed by atoms with E-state index in [4.69, 9.17) is 9.47 Å². The molecular formula is C31H44O4. The molecule has 0 aliphatic heterocycles. The van der Waals surface area contributed by atoms with Crippen LogP contribution in [0.5, 0.6) is 11.5 Å². The van der Waals surface area contributed by atoms with E-state index in [0.29, 0.717) is 23.3 Å². The zero-order valence-corrected chi connectivity index (χ0v) is 22.0. The Morgan fingerprint density at radius 1 is 0.657 bits per heavy atom. The summed E-state index contributed by atoms with van der Waals surface area (Å²) in [5.41, 5.74) is 1.08. The molecule has 0 aliphatic rings. The zero-order chi connectivity index (χ0) is 25.3. The van der Waals surface area contributed by atoms with Gasteiger partial charge in [-0.1, -0.05) is 83.8 Å². The Bertz CT molecular complexity index is 855. The maximum atomic E-state index is 12.5. The fourth-order valence-electron chi connectivity index (χ4n) is 4.08. The van der Waals surface area contributed by atoms with E-state index >= 15 is 0 Å². The molecule has 0 aromatic heterocycles. The molecule has 1 unspecified atom stereocenters. The minimum Gasteiger partial charge on any atom is -0.491 e. The first-order valence-electron chi connectivity index (χ1n) is 13.7. The van der Waals surface area contributed by atoms with Crippen LogP contribution < -0.4 is 9.47 Å². The summed E-state index contributed by atoms with van der Waals surface area (Å²) < 4.78 is 11.5. The lowest BCUT2D eigenvalue weighted by molar-refractivity contribution is 0.0733. The number of carbonyl (C=O) groups is 2. The van der Waals surface area contributed by atoms with Crippen LogP contribution in [-0.2, 0) is 0 Å². The molecule has 0 amide bonds. The largest absolute Gasteiger partial charge is 0.491 e. The number of esters is 1. The molecule has 0 bridgehead atoms. The van der Waals surface area contributed by atoms with Crippen LogP contribution in [0.3, 0.4) is 0 Å². The lowest BCUT2D eigenvalue weighted by Crippen LogP contribution is -2.12. The zero-order valence-electron chi connectivity index (χ0n) is 22.0. The van der Waals surface area contributed by atoms with E-state index in [1.54, 1.807) is 36.4 Å². The molecule has 4 heteroatoms. The van der Waals surface area contributed by atoms with Gasteiger partial charge in [-0.2, -0.15) is 0 Å². The van der Waals surface area contributed by atoms with Gasteiger partial charge in [0.1, 0.15) is 11.5 Å². The molecule has 4 nitrogen and oxygen atoms in total. The van der Waals surface area contributed by atoms with Crippen LogP contribution in [0, 0.1) is 0 Å². The van der Waals surface area contributed by atoms with Crippen LogP contribution in [0.25, 0.3) is 0 Å². The van der Waals surface area contributed by atoms with Gasteiger partial charge in [-0.3, -0.25) is 4.79 Å². The molecular weight excluding hydrogens is 436 g/mol. The summed E-state index contributed by atoms with van der Waals surface area (Å²) in [6.45, 7) is 6.51. The third kappa shape index (κ3) is 11.6. The Kier molecular flexibility index (Phi) is 13.8. The summed E-state index contributed by atoms with van der Waals surface area (Å²) in [4.78, 5) is 24.9. The standard InChI is InChI=1S/C31H44O4/c1-4-6-8-10-11-12-14-16-30(32)26-17-19-27(20-18-26)31(33)35-29-23-21-28(22-24-29)34-25(3)15-13-9-7-5-2/h17-25H,4-16H2,1-3H3. The van der Waals surface area contributed by atoms with E-state index in [-0.39, 0.29) is 11.9 Å². The number of hydrogen-bond donors (Lipinski definition) is 0. The van der Waals surface area contributed by atoms with Gasteiger partial charge in [-0.25, -0.2) is 4.79 Å². The van der Waals surface area contributed by atoms with Crippen LogP contribution in [0.15, 0.2) is 48.5 Å². The van der Waals surface area contributed by atoms with Crippen LogP contribution in [-0.4, -0.2) is 17.9 Å². The molecule has 0 heterocycles. The summed E-state index contributed by atoms with van der Waals surface area (Å²) in [6.07, 6.45) is 15.0. The number of ketones is 1. The van der Waals surface area contributed by atoms with Gasteiger partial charge in [0, 0.05) is 12.0 Å². The summed E-state index contributed by atoms with van der Waals surface area (Å²) in [7, 11) is 0. The molecule has 0 aliphatic carbocycles. The summed E-state index contributed by atoms with van der Waals surface area (Å²) in [5.74, 6) is 0.941. The lowest BCUT2D eigenvalue weighted by Gasteiger charge is -2.15. The van der Waals surface area contributed by atoms with Gasteiger partial charge < -0.3 is 9.47 Å². The molecule has 1 atom stereocenters. The fourth-order valence-corrected chi connectivity index (χ4v) is 4.08. The minimum absolute atomic E-state index is 0.133. The molecule has 0 saturated carbocycles. The van der Waals surface area contributed by atoms with E-state index in [1.165, 1.54) is 57.8 Å². The normalized spacial score (nSPS) is 11.7. The van der Waals surface area contributed by atoms with Gasteiger partial charge in [0.2, 0.25) is 0 Å². The Labute approximate surface area is 212 Å². The predicted octanol–water partition coefficient (Wildman–Crippen LogP) is 8.97. The fraction of sp³-hybridized carbons (Fsp3) is 0.548. The molecule has 2 rings (SSSR count). The van der Waals surface area contributed by atoms with Crippen molar-refractivity contribution in [1.29, 1.82) is 0 Å². The second-order valence-corrected chi connectivity index (χ2v) is 9.51. The van der Waals surface area contributed by atoms with Gasteiger partial charge in [0.15, 0.2) is 5.78 Å². The molecule has 2 aromatic carbocycles. The average molecular weight is 481 g/mol. The number of ether oxygens (including phenoxy) is 2. The van der Waals surface area contributed by atoms with E-state index in [9.17, 15) is 9.59 Å². The molecule has 0 saturated heterocycles. The van der Waals surface area contributed by atoms with Crippen LogP contribution in [0.1, 0.15) is 125 Å². The van der Waals surface area contributed by atoms with E-state index < -0.39 is 5.97 Å². The highest BCUT2D eigenvalue weighted by molar-refractivity contribution is 5.97. The first-order valence-corrected chi connectivity index (χ1v) is 13.7. The van der Waals surface area contributed by atoms with Crippen molar-refractivity contribution in [3.8, 4) is 11.5 Å². The van der Waals surface area contributed by atoms with Crippen molar-refractivity contribution in [1.82, 2.24) is 0 Å². The van der Waals surface area contributed by atoms with Crippen molar-refractivity contribution in [3.05, 3.63) is 59.7 Å². The molecule has 2 aromatic rings. The van der Waals surface area contributed by atoms with Crippen LogP contribution in [0.2, 0.25) is 0 Å². The molecule has 35 heavy (non-hydrogen) atoms. The Morgan fingerprint density at radius 2 is 1.17 bits per heavy atom. The third-order valence-corrected chi connectivity index (χ3v) is 6.29. The number of rotatable bonds is 18. The summed E-state index contributed by atoms with van der Waals surface area (Å²) in [6, 6.07) is 13.9. The van der Waals surface area contributed by atoms with Gasteiger partial charge in [-0.05, 0) is 62.6 Å². The Balaban J connectivity index is 1.74. The molecule has 0 radical (unpaired) electrons. The highest BCUT2D eigenvalue weighted by Crippen LogP contribution is 2.21. The van der Waals surface area contributed by atoms with E-state index in [1.807, 2.05) is 12.1 Å². The maximum Gasteiger partial charge on any atom is 0.343 e. The highest BCUT2D eigenvalue weighted by Gasteiger charge is 2.12. The van der Waals surface area contributed by atoms with Crippen molar-refractivity contribution >= 4 is 11.8 Å². The second-order valence-electron chi connectivity index (χ2n) is 9.51. The number of Topliss-reactive ketones (excluding diaryl/α,β-unsaturated/α-hetero) is 1. The van der Waals surface area contributed by atoms with Crippen molar-refractivity contribution in [2.24, 2.45) is 0 Å². The summed E-state index contributed by atoms with van der Waals surface area (Å²) >= 11 is 0. The lowest BCUT2D eigenvalue weighted by atomic mass is 10.0. The number of hydrogen-bond acceptors (Lipinski definition) is 4. The van der Waals surface area contributed by atoms with Crippen molar-refractivity contribution in [2.45, 2.75) is 110 Å². The van der Waals surface area contributed by atoms with E-state index in [0.717, 1.165) is 25.0 Å². The second kappa shape index (κ2) is 16.9. The predicted molar refractivity (Wildman–Crippen MR) is 144 cm³/mol. The first-order chi connectivity index (χ1) is 17.0. The smallest absolute Gasteiger partial charge is 0.343 e. The van der Waals surface area contributed by atoms with E-state index in [2.05, 4.69) is 20.8 Å². The van der Waals surface area contributed by atoms with Crippen molar-refractivity contribution < 1.29 is 19.1 Å². The Hall–Kier alpha value is -2.62. The topological polar surface area (TPSA) is 52.6 Å². The van der Waals surface area contributed by atoms with Gasteiger partial charge in [0.25, 0.3) is 0 Å². The average Bonchev–Trinajstić information content (AvgIpc) is 2.87. The van der Waals surface area contributed by atoms with Gasteiger partial charge >= 0.3 is 5.97 Å². The molecule has 0 N–H and O–H groups in total. The molecule has 0 fully saturated rings. The quantitative estimate of drug-likeness (QED) is 0.0924. The summed E-state index contributed by atoms with van der Waals surface area (Å²) in [5, 5.41) is 0. The van der Waals surface area contributed by atoms with Crippen LogP contribution in [0.4, 0.5) is 0 Å². The molecule has 192 valence electrons. The number of carbonyl (C=O) groups excluding carboxylic acids is 2. The van der Waals surface area contributed by atoms with Crippen molar-refractivity contribution in [2.75, 3.05) is 0 Å². The number of unbranched alkanes of at least 4 members (excludes halogenated alkanes) is 9. The SMILES string of the molecule is CCCCCCCCCC(=O)c1ccc(C(=O)Oc2ccc(OC(C)CCCCCC)cc2)cc1. The first kappa shape index (κ1) is 28.6. The highest BCUT2D eigenvalue weighted by atomic mass is 16.5. The maximum absolute atomic E-state index is 12.5. The third-order valence-electron chi connectivity index (χ3n) is 6.29. The minimum atomic E-state index is -0.436. The Morgan fingerprint density at radius 3 is 1.80 bits per heavy atom. The van der Waals surface area contributed by atoms with Crippen molar-refractivity contribution in [3.63, 3.8) is 0 Å². The van der Waals surface area contributed by atoms with Crippen LogP contribution >= 0.6 is 0 Å². The monoisotopic (exact) mass is 480 g/mol. The molecule has 0 spiro atoms. The van der Waals surface area contributed by atoms with Gasteiger partial charge in [0.05, 0.1) is 11.7 Å². The van der Waals surface area contributed by atoms with Gasteiger partial charge in [-0.15, -0.1) is 0 Å². The number of benzene rings is 2.